The molecule has 1 aliphatic heterocycles. The van der Waals surface area contributed by atoms with E-state index in [-0.39, 0.29) is 19.1 Å². The second-order valence-corrected chi connectivity index (χ2v) is 7.11. The first-order valence-electron chi connectivity index (χ1n) is 8.76. The Labute approximate surface area is 159 Å². The average molecular weight is 377 g/mol. The maximum absolute atomic E-state index is 12.4. The minimum atomic E-state index is -0.781. The molecule has 0 bridgehead atoms. The summed E-state index contributed by atoms with van der Waals surface area (Å²) in [4.78, 5) is 40.5. The predicted octanol–water partition coefficient (Wildman–Crippen LogP) is 1.85. The molecule has 0 spiro atoms. The first-order chi connectivity index (χ1) is 12.7. The molecule has 1 aromatic carbocycles. The molecule has 1 saturated heterocycles. The number of carbonyl (C=O) groups is 3. The minimum Gasteiger partial charge on any atom is -0.493 e. The summed E-state index contributed by atoms with van der Waals surface area (Å²) in [6, 6.07) is 3.19. The maximum Gasteiger partial charge on any atom is 0.335 e. The molecule has 1 aromatic rings. The molecule has 0 radical (unpaired) electrons. The van der Waals surface area contributed by atoms with Crippen LogP contribution >= 0.6 is 0 Å². The van der Waals surface area contributed by atoms with Gasteiger partial charge in [0.15, 0.2) is 11.5 Å². The van der Waals surface area contributed by atoms with Gasteiger partial charge in [0.05, 0.1) is 20.9 Å². The van der Waals surface area contributed by atoms with Crippen LogP contribution in [0.25, 0.3) is 0 Å². The summed E-state index contributed by atoms with van der Waals surface area (Å²) in [6.07, 6.45) is 0. The summed E-state index contributed by atoms with van der Waals surface area (Å²) in [6.45, 7) is 6.47. The fraction of sp³-hybridized carbons (Fsp3) is 0.526. The molecule has 27 heavy (non-hydrogen) atoms. The molecule has 0 unspecified atom stereocenters. The van der Waals surface area contributed by atoms with Gasteiger partial charge in [-0.2, -0.15) is 0 Å². The zero-order valence-electron chi connectivity index (χ0n) is 16.7. The summed E-state index contributed by atoms with van der Waals surface area (Å²) in [5, 5.41) is 0. The Morgan fingerprint density at radius 2 is 1.56 bits per heavy atom. The monoisotopic (exact) mass is 377 g/mol. The van der Waals surface area contributed by atoms with Gasteiger partial charge in [-0.25, -0.2) is 9.69 Å². The van der Waals surface area contributed by atoms with E-state index in [2.05, 4.69) is 0 Å². The van der Waals surface area contributed by atoms with Gasteiger partial charge in [0.1, 0.15) is 0 Å². The number of ether oxygens (including phenoxy) is 2. The number of hydrogen-bond donors (Lipinski definition) is 0. The van der Waals surface area contributed by atoms with Crippen LogP contribution in [0, 0.1) is 12.8 Å². The number of rotatable bonds is 8. The van der Waals surface area contributed by atoms with E-state index in [0.29, 0.717) is 18.0 Å². The van der Waals surface area contributed by atoms with Crippen LogP contribution in [0.5, 0.6) is 11.5 Å². The van der Waals surface area contributed by atoms with E-state index in [1.54, 1.807) is 26.2 Å². The Morgan fingerprint density at radius 1 is 1.00 bits per heavy atom. The van der Waals surface area contributed by atoms with Crippen molar-refractivity contribution in [2.75, 3.05) is 34.5 Å². The van der Waals surface area contributed by atoms with Gasteiger partial charge in [-0.3, -0.25) is 19.4 Å². The third-order valence-electron chi connectivity index (χ3n) is 4.35. The maximum atomic E-state index is 12.4. The number of amides is 4. The van der Waals surface area contributed by atoms with Crippen molar-refractivity contribution in [2.45, 2.75) is 27.3 Å². The number of methoxy groups -OCH3 is 2. The molecule has 8 heteroatoms. The third kappa shape index (κ3) is 4.39. The molecular formula is C19H27N3O5. The summed E-state index contributed by atoms with van der Waals surface area (Å²) >= 11 is 0. The smallest absolute Gasteiger partial charge is 0.335 e. The van der Waals surface area contributed by atoms with E-state index >= 15 is 0 Å². The molecular weight excluding hydrogens is 350 g/mol. The van der Waals surface area contributed by atoms with Crippen molar-refractivity contribution >= 4 is 17.8 Å². The minimum absolute atomic E-state index is 0.0335. The van der Waals surface area contributed by atoms with E-state index in [1.165, 1.54) is 0 Å². The summed E-state index contributed by atoms with van der Waals surface area (Å²) in [5.41, 5.74) is 1.97. The molecule has 2 rings (SSSR count). The van der Waals surface area contributed by atoms with Crippen LogP contribution in [0.1, 0.15) is 25.0 Å². The lowest BCUT2D eigenvalue weighted by Crippen LogP contribution is -2.41. The highest BCUT2D eigenvalue weighted by atomic mass is 16.5. The fourth-order valence-electron chi connectivity index (χ4n) is 2.98. The number of benzene rings is 1. The first-order valence-corrected chi connectivity index (χ1v) is 8.76. The lowest BCUT2D eigenvalue weighted by Gasteiger charge is -2.24. The van der Waals surface area contributed by atoms with E-state index in [1.807, 2.05) is 32.9 Å². The van der Waals surface area contributed by atoms with Crippen LogP contribution in [-0.4, -0.2) is 67.0 Å². The van der Waals surface area contributed by atoms with Crippen LogP contribution in [0.3, 0.4) is 0 Å². The number of urea groups is 1. The van der Waals surface area contributed by atoms with Crippen LogP contribution in [0.15, 0.2) is 12.1 Å². The van der Waals surface area contributed by atoms with Crippen molar-refractivity contribution in [3.63, 3.8) is 0 Å². The first kappa shape index (κ1) is 20.7. The lowest BCUT2D eigenvalue weighted by atomic mass is 10.1. The normalized spacial score (nSPS) is 14.7. The highest BCUT2D eigenvalue weighted by Crippen LogP contribution is 2.30. The lowest BCUT2D eigenvalue weighted by molar-refractivity contribution is -0.144. The van der Waals surface area contributed by atoms with Crippen molar-refractivity contribution < 1.29 is 23.9 Å². The van der Waals surface area contributed by atoms with Crippen LogP contribution in [-0.2, 0) is 16.1 Å². The summed E-state index contributed by atoms with van der Waals surface area (Å²) < 4.78 is 10.6. The topological polar surface area (TPSA) is 79.4 Å². The SMILES string of the molecule is COc1cc(C)c(CN(C)CN2C(=O)C(=O)N(CC(C)C)C2=O)cc1OC. The van der Waals surface area contributed by atoms with E-state index < -0.39 is 17.8 Å². The van der Waals surface area contributed by atoms with Gasteiger partial charge in [-0.05, 0) is 43.1 Å². The summed E-state index contributed by atoms with van der Waals surface area (Å²) in [7, 11) is 4.93. The Kier molecular flexibility index (Phi) is 6.43. The van der Waals surface area contributed by atoms with Gasteiger partial charge >= 0.3 is 17.8 Å². The van der Waals surface area contributed by atoms with E-state index in [0.717, 1.165) is 20.9 Å². The number of aryl methyl sites for hydroxylation is 1. The molecule has 1 fully saturated rings. The van der Waals surface area contributed by atoms with E-state index in [4.69, 9.17) is 9.47 Å². The van der Waals surface area contributed by atoms with Crippen molar-refractivity contribution in [1.29, 1.82) is 0 Å². The highest BCUT2D eigenvalue weighted by Gasteiger charge is 2.44. The standard InChI is InChI=1S/C19H27N3O5/c1-12(2)9-21-17(23)18(24)22(19(21)25)11-20(4)10-14-8-16(27-6)15(26-5)7-13(14)3/h7-8,12H,9-11H2,1-6H3. The molecule has 0 aromatic heterocycles. The molecule has 0 N–H and O–H groups in total. The Hall–Kier alpha value is -2.61. The fourth-order valence-corrected chi connectivity index (χ4v) is 2.98. The highest BCUT2D eigenvalue weighted by molar-refractivity contribution is 6.44. The number of imide groups is 2. The molecule has 148 valence electrons. The molecule has 1 heterocycles. The largest absolute Gasteiger partial charge is 0.493 e. The van der Waals surface area contributed by atoms with E-state index in [9.17, 15) is 14.4 Å². The second-order valence-electron chi connectivity index (χ2n) is 7.11. The molecule has 0 atom stereocenters. The third-order valence-corrected chi connectivity index (χ3v) is 4.35. The zero-order valence-corrected chi connectivity index (χ0v) is 16.7. The Bertz CT molecular complexity index is 747. The van der Waals surface area contributed by atoms with Crippen molar-refractivity contribution in [1.82, 2.24) is 14.7 Å². The average Bonchev–Trinajstić information content (AvgIpc) is 2.80. The molecule has 0 aliphatic carbocycles. The number of hydrogen-bond acceptors (Lipinski definition) is 6. The van der Waals surface area contributed by atoms with Gasteiger partial charge < -0.3 is 9.47 Å². The molecule has 4 amide bonds. The van der Waals surface area contributed by atoms with Crippen LogP contribution < -0.4 is 9.47 Å². The Morgan fingerprint density at radius 3 is 2.11 bits per heavy atom. The van der Waals surface area contributed by atoms with Gasteiger partial charge in [0.2, 0.25) is 0 Å². The van der Waals surface area contributed by atoms with Gasteiger partial charge in [-0.15, -0.1) is 0 Å². The zero-order chi connectivity index (χ0) is 20.3. The number of nitrogens with zero attached hydrogens (tertiary/aromatic N) is 3. The molecule has 8 nitrogen and oxygen atoms in total. The molecule has 0 saturated carbocycles. The van der Waals surface area contributed by atoms with Crippen LogP contribution in [0.4, 0.5) is 4.79 Å². The quantitative estimate of drug-likeness (QED) is 0.508. The van der Waals surface area contributed by atoms with Gasteiger partial charge in [-0.1, -0.05) is 13.8 Å². The Balaban J connectivity index is 2.12. The second kappa shape index (κ2) is 8.39. The van der Waals surface area contributed by atoms with Crippen LogP contribution in [0.2, 0.25) is 0 Å². The summed E-state index contributed by atoms with van der Waals surface area (Å²) in [5.74, 6) is -0.196. The molecule has 1 aliphatic rings. The number of carbonyl (C=O) groups excluding carboxylic acids is 3. The predicted molar refractivity (Wildman–Crippen MR) is 99.4 cm³/mol. The van der Waals surface area contributed by atoms with Crippen molar-refractivity contribution in [2.24, 2.45) is 5.92 Å². The van der Waals surface area contributed by atoms with Crippen molar-refractivity contribution in [3.8, 4) is 11.5 Å². The van der Waals surface area contributed by atoms with Gasteiger partial charge in [0.25, 0.3) is 0 Å². The van der Waals surface area contributed by atoms with Gasteiger partial charge in [0, 0.05) is 13.1 Å². The van der Waals surface area contributed by atoms with Crippen molar-refractivity contribution in [3.05, 3.63) is 23.3 Å².